The molecule has 2 unspecified atom stereocenters. The van der Waals surface area contributed by atoms with Crippen molar-refractivity contribution in [1.29, 1.82) is 0 Å². The summed E-state index contributed by atoms with van der Waals surface area (Å²) in [4.78, 5) is 2.59. The fraction of sp³-hybridized carbons (Fsp3) is 0.750. The Balaban J connectivity index is 1.50. The predicted octanol–water partition coefficient (Wildman–Crippen LogP) is 1.20. The van der Waals surface area contributed by atoms with Crippen LogP contribution in [0.5, 0.6) is 0 Å². The van der Waals surface area contributed by atoms with Crippen LogP contribution in [0.4, 0.5) is 5.69 Å². The average molecular weight is 220 g/mol. The molecular weight excluding hydrogens is 200 g/mol. The molecule has 0 bridgehead atoms. The van der Waals surface area contributed by atoms with Crippen molar-refractivity contribution in [2.45, 2.75) is 25.8 Å². The van der Waals surface area contributed by atoms with Crippen molar-refractivity contribution >= 4 is 5.69 Å². The lowest BCUT2D eigenvalue weighted by Crippen LogP contribution is -2.26. The largest absolute Gasteiger partial charge is 0.396 e. The summed E-state index contributed by atoms with van der Waals surface area (Å²) in [6.45, 7) is 4.70. The SMILES string of the molecule is Nc1cnn(CCN2CC3CCCC3C2)c1. The molecule has 2 N–H and O–H groups in total. The summed E-state index contributed by atoms with van der Waals surface area (Å²) in [5.41, 5.74) is 6.40. The third kappa shape index (κ3) is 1.94. The summed E-state index contributed by atoms with van der Waals surface area (Å²) in [6, 6.07) is 0. The minimum atomic E-state index is 0.762. The van der Waals surface area contributed by atoms with Crippen LogP contribution in [0.25, 0.3) is 0 Å². The molecule has 0 amide bonds. The van der Waals surface area contributed by atoms with Crippen LogP contribution in [0.2, 0.25) is 0 Å². The fourth-order valence-corrected chi connectivity index (χ4v) is 3.26. The molecule has 1 aromatic heterocycles. The number of hydrogen-bond acceptors (Lipinski definition) is 3. The van der Waals surface area contributed by atoms with Crippen molar-refractivity contribution in [3.05, 3.63) is 12.4 Å². The van der Waals surface area contributed by atoms with Crippen LogP contribution < -0.4 is 5.73 Å². The molecule has 1 aliphatic heterocycles. The monoisotopic (exact) mass is 220 g/mol. The highest BCUT2D eigenvalue weighted by atomic mass is 15.3. The highest BCUT2D eigenvalue weighted by molar-refractivity contribution is 5.30. The second-order valence-electron chi connectivity index (χ2n) is 5.25. The lowest BCUT2D eigenvalue weighted by atomic mass is 10.0. The van der Waals surface area contributed by atoms with Gasteiger partial charge in [-0.1, -0.05) is 6.42 Å². The fourth-order valence-electron chi connectivity index (χ4n) is 3.26. The zero-order valence-corrected chi connectivity index (χ0v) is 9.68. The number of nitrogens with zero attached hydrogens (tertiary/aromatic N) is 3. The Labute approximate surface area is 96.4 Å². The van der Waals surface area contributed by atoms with Crippen molar-refractivity contribution in [2.24, 2.45) is 11.8 Å². The zero-order chi connectivity index (χ0) is 11.0. The Morgan fingerprint density at radius 2 is 2.00 bits per heavy atom. The molecule has 0 aromatic carbocycles. The highest BCUT2D eigenvalue weighted by Gasteiger charge is 2.35. The molecular formula is C12H20N4. The van der Waals surface area contributed by atoms with Crippen LogP contribution in [-0.4, -0.2) is 34.3 Å². The number of anilines is 1. The molecule has 4 heteroatoms. The van der Waals surface area contributed by atoms with Crippen molar-refractivity contribution < 1.29 is 0 Å². The normalized spacial score (nSPS) is 29.8. The summed E-state index contributed by atoms with van der Waals surface area (Å²) in [5, 5.41) is 4.21. The molecule has 2 aliphatic rings. The van der Waals surface area contributed by atoms with Gasteiger partial charge in [-0.2, -0.15) is 5.10 Å². The van der Waals surface area contributed by atoms with Gasteiger partial charge in [-0.25, -0.2) is 0 Å². The number of nitrogens with two attached hydrogens (primary N) is 1. The van der Waals surface area contributed by atoms with Crippen molar-refractivity contribution in [2.75, 3.05) is 25.4 Å². The van der Waals surface area contributed by atoms with E-state index in [4.69, 9.17) is 5.73 Å². The maximum Gasteiger partial charge on any atom is 0.0719 e. The van der Waals surface area contributed by atoms with Gasteiger partial charge in [-0.05, 0) is 24.7 Å². The van der Waals surface area contributed by atoms with E-state index in [1.807, 2.05) is 10.9 Å². The standard InChI is InChI=1S/C12H20N4/c13-12-6-14-16(9-12)5-4-15-7-10-2-1-3-11(10)8-15/h6,9-11H,1-5,7-8,13H2. The van der Waals surface area contributed by atoms with Crippen LogP contribution >= 0.6 is 0 Å². The van der Waals surface area contributed by atoms with Gasteiger partial charge < -0.3 is 10.6 Å². The second kappa shape index (κ2) is 4.09. The van der Waals surface area contributed by atoms with E-state index in [0.717, 1.165) is 30.6 Å². The zero-order valence-electron chi connectivity index (χ0n) is 9.68. The van der Waals surface area contributed by atoms with Crippen molar-refractivity contribution in [3.8, 4) is 0 Å². The van der Waals surface area contributed by atoms with E-state index in [1.54, 1.807) is 6.20 Å². The van der Waals surface area contributed by atoms with Crippen LogP contribution in [0.3, 0.4) is 0 Å². The van der Waals surface area contributed by atoms with Crippen molar-refractivity contribution in [3.63, 3.8) is 0 Å². The van der Waals surface area contributed by atoms with E-state index in [-0.39, 0.29) is 0 Å². The third-order valence-electron chi connectivity index (χ3n) is 4.10. The maximum absolute atomic E-state index is 5.64. The quantitative estimate of drug-likeness (QED) is 0.832. The first-order valence-electron chi connectivity index (χ1n) is 6.31. The van der Waals surface area contributed by atoms with Gasteiger partial charge in [0.1, 0.15) is 0 Å². The van der Waals surface area contributed by atoms with Gasteiger partial charge in [0.05, 0.1) is 18.4 Å². The van der Waals surface area contributed by atoms with E-state index in [0.29, 0.717) is 0 Å². The van der Waals surface area contributed by atoms with E-state index >= 15 is 0 Å². The summed E-state index contributed by atoms with van der Waals surface area (Å²) < 4.78 is 1.95. The lowest BCUT2D eigenvalue weighted by molar-refractivity contribution is 0.292. The van der Waals surface area contributed by atoms with Gasteiger partial charge in [-0.15, -0.1) is 0 Å². The summed E-state index contributed by atoms with van der Waals surface area (Å²) in [7, 11) is 0. The van der Waals surface area contributed by atoms with E-state index in [1.165, 1.54) is 32.4 Å². The minimum absolute atomic E-state index is 0.762. The van der Waals surface area contributed by atoms with Crippen LogP contribution in [0.1, 0.15) is 19.3 Å². The maximum atomic E-state index is 5.64. The molecule has 3 rings (SSSR count). The first kappa shape index (κ1) is 10.1. The van der Waals surface area contributed by atoms with E-state index in [2.05, 4.69) is 10.00 Å². The molecule has 1 saturated carbocycles. The van der Waals surface area contributed by atoms with Gasteiger partial charge in [0.2, 0.25) is 0 Å². The number of rotatable bonds is 3. The van der Waals surface area contributed by atoms with Crippen molar-refractivity contribution in [1.82, 2.24) is 14.7 Å². The Morgan fingerprint density at radius 1 is 1.25 bits per heavy atom. The topological polar surface area (TPSA) is 47.1 Å². The number of likely N-dealkylation sites (tertiary alicyclic amines) is 1. The molecule has 0 spiro atoms. The minimum Gasteiger partial charge on any atom is -0.396 e. The van der Waals surface area contributed by atoms with E-state index in [9.17, 15) is 0 Å². The first-order valence-corrected chi connectivity index (χ1v) is 6.31. The van der Waals surface area contributed by atoms with Gasteiger partial charge >= 0.3 is 0 Å². The molecule has 1 aromatic rings. The Bertz CT molecular complexity index is 348. The van der Waals surface area contributed by atoms with E-state index < -0.39 is 0 Å². The molecule has 2 atom stereocenters. The number of fused-ring (bicyclic) bond motifs is 1. The lowest BCUT2D eigenvalue weighted by Gasteiger charge is -2.16. The molecule has 4 nitrogen and oxygen atoms in total. The summed E-state index contributed by atoms with van der Waals surface area (Å²) in [5.74, 6) is 1.98. The first-order chi connectivity index (χ1) is 7.81. The number of hydrogen-bond donors (Lipinski definition) is 1. The molecule has 1 saturated heterocycles. The van der Waals surface area contributed by atoms with Crippen LogP contribution in [0, 0.1) is 11.8 Å². The summed E-state index contributed by atoms with van der Waals surface area (Å²) >= 11 is 0. The van der Waals surface area contributed by atoms with Gasteiger partial charge in [0.15, 0.2) is 0 Å². The average Bonchev–Trinajstić information content (AvgIpc) is 2.89. The Kier molecular flexibility index (Phi) is 2.59. The van der Waals surface area contributed by atoms with Crippen LogP contribution in [0.15, 0.2) is 12.4 Å². The molecule has 88 valence electrons. The molecule has 16 heavy (non-hydrogen) atoms. The highest BCUT2D eigenvalue weighted by Crippen LogP contribution is 2.37. The number of nitrogen functional groups attached to an aromatic ring is 1. The second-order valence-corrected chi connectivity index (χ2v) is 5.25. The molecule has 0 radical (unpaired) electrons. The van der Waals surface area contributed by atoms with Gasteiger partial charge in [0, 0.05) is 25.8 Å². The molecule has 1 aliphatic carbocycles. The van der Waals surface area contributed by atoms with Gasteiger partial charge in [-0.3, -0.25) is 4.68 Å². The number of aromatic nitrogens is 2. The Hall–Kier alpha value is -1.03. The molecule has 2 heterocycles. The molecule has 2 fully saturated rings. The third-order valence-corrected chi connectivity index (χ3v) is 4.10. The summed E-state index contributed by atoms with van der Waals surface area (Å²) in [6.07, 6.45) is 8.00. The predicted molar refractivity (Wildman–Crippen MR) is 63.9 cm³/mol. The Morgan fingerprint density at radius 3 is 2.62 bits per heavy atom. The van der Waals surface area contributed by atoms with Crippen LogP contribution in [-0.2, 0) is 6.54 Å². The van der Waals surface area contributed by atoms with Gasteiger partial charge in [0.25, 0.3) is 0 Å². The smallest absolute Gasteiger partial charge is 0.0719 e.